The smallest absolute Gasteiger partial charge is 0.342 e. The highest BCUT2D eigenvalue weighted by Crippen LogP contribution is 2.37. The first-order valence-electron chi connectivity index (χ1n) is 8.55. The molecule has 0 saturated heterocycles. The van der Waals surface area contributed by atoms with E-state index in [2.05, 4.69) is 17.1 Å². The molecule has 0 radical (unpaired) electrons. The molecule has 4 rings (SSSR count). The summed E-state index contributed by atoms with van der Waals surface area (Å²) in [5.41, 5.74) is 4.80. The lowest BCUT2D eigenvalue weighted by molar-refractivity contribution is -0.392. The number of hydrogen-bond donors (Lipinski definition) is 1. The van der Waals surface area contributed by atoms with Gasteiger partial charge >= 0.3 is 5.82 Å². The van der Waals surface area contributed by atoms with Crippen molar-refractivity contribution < 1.29 is 15.0 Å². The van der Waals surface area contributed by atoms with E-state index < -0.39 is 4.92 Å². The summed E-state index contributed by atoms with van der Waals surface area (Å²) in [5.74, 6) is 0.456. The number of non-ortho nitro benzene ring substituents is 1. The lowest BCUT2D eigenvalue weighted by Gasteiger charge is -1.99. The average Bonchev–Trinajstić information content (AvgIpc) is 3.22. The number of aryl methyl sites for hydroxylation is 1. The molecule has 1 aliphatic carbocycles. The summed E-state index contributed by atoms with van der Waals surface area (Å²) in [6.07, 6.45) is 1.98. The summed E-state index contributed by atoms with van der Waals surface area (Å²) in [6.45, 7) is 1.74. The molecule has 1 N–H and O–H groups in total. The molecule has 1 heterocycles. The van der Waals surface area contributed by atoms with E-state index in [0.717, 1.165) is 17.5 Å². The van der Waals surface area contributed by atoms with Gasteiger partial charge in [0.1, 0.15) is 12.7 Å². The van der Waals surface area contributed by atoms with Crippen molar-refractivity contribution in [2.45, 2.75) is 19.9 Å². The molecule has 144 valence electrons. The summed E-state index contributed by atoms with van der Waals surface area (Å²) in [6, 6.07) is 13.2. The van der Waals surface area contributed by atoms with Crippen LogP contribution in [0.2, 0.25) is 0 Å². The Morgan fingerprint density at radius 2 is 1.79 bits per heavy atom. The summed E-state index contributed by atoms with van der Waals surface area (Å²) < 4.78 is 1.36. The van der Waals surface area contributed by atoms with Gasteiger partial charge in [-0.1, -0.05) is 24.3 Å². The van der Waals surface area contributed by atoms with Crippen LogP contribution in [-0.2, 0) is 13.0 Å². The Hall–Kier alpha value is -3.59. The van der Waals surface area contributed by atoms with E-state index in [-0.39, 0.29) is 29.6 Å². The first kappa shape index (κ1) is 19.2. The van der Waals surface area contributed by atoms with Crippen LogP contribution in [0, 0.1) is 27.2 Å². The van der Waals surface area contributed by atoms with Gasteiger partial charge < -0.3 is 15.2 Å². The fourth-order valence-electron chi connectivity index (χ4n) is 3.22. The highest BCUT2D eigenvalue weighted by atomic mass is 16.6. The average molecular weight is 382 g/mol. The molecular formula is C19H18N4O5. The van der Waals surface area contributed by atoms with Crippen molar-refractivity contribution in [1.29, 1.82) is 0 Å². The van der Waals surface area contributed by atoms with Gasteiger partial charge in [-0.2, -0.15) is 0 Å². The number of nitrogens with zero attached hydrogens (tertiary/aromatic N) is 4. The first-order chi connectivity index (χ1) is 13.4. The summed E-state index contributed by atoms with van der Waals surface area (Å²) in [5, 5.41) is 29.6. The Bertz CT molecular complexity index is 1040. The number of fused-ring (bicyclic) bond motifs is 3. The van der Waals surface area contributed by atoms with E-state index >= 15 is 0 Å². The standard InChI is InChI=1S/C13H9NO2.C6H9N3O3/c15-14(16)11-5-6-13-10(8-11)7-9-3-1-2-4-12(9)13;1-5-7-4-6(9(11)12)8(5)2-3-10/h1-6,8H,7H2;4,10H,2-3H2,1H3. The molecule has 1 aromatic heterocycles. The molecule has 0 atom stereocenters. The lowest BCUT2D eigenvalue weighted by Crippen LogP contribution is -2.07. The topological polar surface area (TPSA) is 124 Å². The number of benzene rings is 2. The fourth-order valence-corrected chi connectivity index (χ4v) is 3.22. The molecular weight excluding hydrogens is 364 g/mol. The normalized spacial score (nSPS) is 11.2. The van der Waals surface area contributed by atoms with Crippen LogP contribution in [-0.4, -0.2) is 31.1 Å². The minimum Gasteiger partial charge on any atom is -0.392 e. The molecule has 0 unspecified atom stereocenters. The molecule has 3 aromatic rings. The van der Waals surface area contributed by atoms with Gasteiger partial charge in [-0.25, -0.2) is 9.55 Å². The number of rotatable bonds is 4. The van der Waals surface area contributed by atoms with Crippen molar-refractivity contribution in [2.24, 2.45) is 0 Å². The number of imidazole rings is 1. The van der Waals surface area contributed by atoms with Gasteiger partial charge in [-0.15, -0.1) is 0 Å². The van der Waals surface area contributed by atoms with Gasteiger partial charge in [0.2, 0.25) is 0 Å². The predicted octanol–water partition coefficient (Wildman–Crippen LogP) is 3.26. The number of aliphatic hydroxyl groups is 1. The van der Waals surface area contributed by atoms with E-state index in [1.54, 1.807) is 19.1 Å². The van der Waals surface area contributed by atoms with Crippen LogP contribution in [0.15, 0.2) is 48.7 Å². The minimum atomic E-state index is -0.518. The van der Waals surface area contributed by atoms with Gasteiger partial charge in [0.15, 0.2) is 5.82 Å². The number of aliphatic hydroxyl groups excluding tert-OH is 1. The Labute approximate surface area is 160 Å². The Morgan fingerprint density at radius 1 is 1.07 bits per heavy atom. The maximum Gasteiger partial charge on any atom is 0.342 e. The molecule has 9 nitrogen and oxygen atoms in total. The van der Waals surface area contributed by atoms with Crippen LogP contribution in [0.3, 0.4) is 0 Å². The van der Waals surface area contributed by atoms with Gasteiger partial charge in [0.25, 0.3) is 5.69 Å². The Balaban J connectivity index is 0.000000169. The maximum atomic E-state index is 10.7. The van der Waals surface area contributed by atoms with Crippen LogP contribution < -0.4 is 0 Å². The van der Waals surface area contributed by atoms with Crippen LogP contribution in [0.5, 0.6) is 0 Å². The molecule has 28 heavy (non-hydrogen) atoms. The third-order valence-corrected chi connectivity index (χ3v) is 4.53. The van der Waals surface area contributed by atoms with E-state index in [1.807, 2.05) is 18.2 Å². The molecule has 1 aliphatic rings. The summed E-state index contributed by atoms with van der Waals surface area (Å²) in [7, 11) is 0. The van der Waals surface area contributed by atoms with E-state index in [1.165, 1.54) is 21.9 Å². The van der Waals surface area contributed by atoms with Crippen LogP contribution in [0.1, 0.15) is 17.0 Å². The number of nitro groups is 2. The Morgan fingerprint density at radius 3 is 2.46 bits per heavy atom. The minimum absolute atomic E-state index is 0.0819. The molecule has 2 aromatic carbocycles. The van der Waals surface area contributed by atoms with Crippen LogP contribution >= 0.6 is 0 Å². The summed E-state index contributed by atoms with van der Waals surface area (Å²) >= 11 is 0. The fraction of sp³-hybridized carbons (Fsp3) is 0.211. The Kier molecular flexibility index (Phi) is 5.46. The van der Waals surface area contributed by atoms with Gasteiger partial charge in [-0.3, -0.25) is 10.1 Å². The predicted molar refractivity (Wildman–Crippen MR) is 102 cm³/mol. The number of hydrogen-bond acceptors (Lipinski definition) is 6. The monoisotopic (exact) mass is 382 g/mol. The third-order valence-electron chi connectivity index (χ3n) is 4.53. The van der Waals surface area contributed by atoms with Crippen molar-refractivity contribution in [1.82, 2.24) is 9.55 Å². The molecule has 0 amide bonds. The second-order valence-electron chi connectivity index (χ2n) is 6.23. The van der Waals surface area contributed by atoms with Crippen molar-refractivity contribution in [3.05, 3.63) is 85.8 Å². The molecule has 0 bridgehead atoms. The molecule has 0 aliphatic heterocycles. The van der Waals surface area contributed by atoms with E-state index in [4.69, 9.17) is 5.11 Å². The highest BCUT2D eigenvalue weighted by molar-refractivity contribution is 5.77. The first-order valence-corrected chi connectivity index (χ1v) is 8.55. The molecule has 9 heteroatoms. The second-order valence-corrected chi connectivity index (χ2v) is 6.23. The summed E-state index contributed by atoms with van der Waals surface area (Å²) in [4.78, 5) is 24.0. The second kappa shape index (κ2) is 7.97. The van der Waals surface area contributed by atoms with Crippen molar-refractivity contribution >= 4 is 11.5 Å². The number of nitro benzene ring substituents is 1. The van der Waals surface area contributed by atoms with E-state index in [9.17, 15) is 20.2 Å². The van der Waals surface area contributed by atoms with Gasteiger partial charge in [-0.05, 0) is 39.7 Å². The third kappa shape index (κ3) is 3.74. The maximum absolute atomic E-state index is 10.7. The zero-order valence-electron chi connectivity index (χ0n) is 15.1. The SMILES string of the molecule is Cc1ncc([N+](=O)[O-])n1CCO.O=[N+]([O-])c1ccc2c(c1)Cc1ccccc1-2. The number of aromatic nitrogens is 2. The van der Waals surface area contributed by atoms with Crippen LogP contribution in [0.25, 0.3) is 11.1 Å². The van der Waals surface area contributed by atoms with Crippen LogP contribution in [0.4, 0.5) is 11.5 Å². The van der Waals surface area contributed by atoms with Gasteiger partial charge in [0.05, 0.1) is 11.5 Å². The highest BCUT2D eigenvalue weighted by Gasteiger charge is 2.20. The molecule has 0 saturated carbocycles. The van der Waals surface area contributed by atoms with E-state index in [0.29, 0.717) is 5.82 Å². The largest absolute Gasteiger partial charge is 0.392 e. The molecule has 0 fully saturated rings. The van der Waals surface area contributed by atoms with Crippen molar-refractivity contribution in [3.63, 3.8) is 0 Å². The zero-order valence-corrected chi connectivity index (χ0v) is 15.1. The van der Waals surface area contributed by atoms with Gasteiger partial charge in [0, 0.05) is 19.1 Å². The molecule has 0 spiro atoms. The van der Waals surface area contributed by atoms with Crippen molar-refractivity contribution in [2.75, 3.05) is 6.61 Å². The quantitative estimate of drug-likeness (QED) is 0.427. The zero-order chi connectivity index (χ0) is 20.3. The lowest BCUT2D eigenvalue weighted by atomic mass is 10.1. The van der Waals surface area contributed by atoms with Crippen molar-refractivity contribution in [3.8, 4) is 11.1 Å².